The van der Waals surface area contributed by atoms with E-state index in [1.54, 1.807) is 12.1 Å². The molecule has 2 aliphatic rings. The number of hydrogen-bond acceptors (Lipinski definition) is 5. The molecule has 0 bridgehead atoms. The van der Waals surface area contributed by atoms with Crippen molar-refractivity contribution in [2.45, 2.75) is 26.2 Å². The van der Waals surface area contributed by atoms with Gasteiger partial charge in [0.15, 0.2) is 17.1 Å². The highest BCUT2D eigenvalue weighted by Crippen LogP contribution is 2.43. The molecule has 0 saturated carbocycles. The first-order chi connectivity index (χ1) is 10.5. The highest BCUT2D eigenvalue weighted by Gasteiger charge is 2.22. The molecule has 0 saturated heterocycles. The Labute approximate surface area is 126 Å². The largest absolute Gasteiger partial charge is 0.504 e. The van der Waals surface area contributed by atoms with Crippen LogP contribution >= 0.6 is 0 Å². The first kappa shape index (κ1) is 14.3. The van der Waals surface area contributed by atoms with E-state index in [1.807, 2.05) is 0 Å². The maximum Gasteiger partial charge on any atom is 0.224 e. The molecule has 114 valence electrons. The molecule has 22 heavy (non-hydrogen) atoms. The summed E-state index contributed by atoms with van der Waals surface area (Å²) >= 11 is 0. The summed E-state index contributed by atoms with van der Waals surface area (Å²) in [6, 6.07) is 5.99. The van der Waals surface area contributed by atoms with Gasteiger partial charge in [-0.05, 0) is 42.7 Å². The zero-order valence-electron chi connectivity index (χ0n) is 12.1. The van der Waals surface area contributed by atoms with Crippen LogP contribution in [0.1, 0.15) is 25.3 Å². The van der Waals surface area contributed by atoms with Crippen LogP contribution in [0.3, 0.4) is 0 Å². The van der Waals surface area contributed by atoms with E-state index in [9.17, 15) is 20.1 Å². The number of hydrogen-bond donors (Lipinski definition) is 3. The van der Waals surface area contributed by atoms with Crippen molar-refractivity contribution >= 4 is 11.0 Å². The molecule has 0 unspecified atom stereocenters. The average Bonchev–Trinajstić information content (AvgIpc) is 2.52. The van der Waals surface area contributed by atoms with Crippen molar-refractivity contribution < 1.29 is 19.7 Å². The standard InChI is InChI=1S/C17H16O5/c1-2-3-4-9-10-5-7-12(18)14(20)16(10)22-17-11(9)6-8-13(19)15(17)21/h5-8,18,20-21H,2-4H2,1H3. The molecule has 0 spiro atoms. The lowest BCUT2D eigenvalue weighted by atomic mass is 9.95. The Bertz CT molecular complexity index is 878. The van der Waals surface area contributed by atoms with Gasteiger partial charge in [-0.15, -0.1) is 0 Å². The molecule has 0 atom stereocenters. The molecule has 0 aromatic heterocycles. The van der Waals surface area contributed by atoms with E-state index in [4.69, 9.17) is 4.42 Å². The second-order valence-corrected chi connectivity index (χ2v) is 5.28. The van der Waals surface area contributed by atoms with Gasteiger partial charge in [-0.3, -0.25) is 4.79 Å². The van der Waals surface area contributed by atoms with Gasteiger partial charge in [0.1, 0.15) is 0 Å². The Kier molecular flexibility index (Phi) is 3.41. The number of rotatable bonds is 3. The van der Waals surface area contributed by atoms with Gasteiger partial charge in [0, 0.05) is 10.9 Å². The molecule has 5 nitrogen and oxygen atoms in total. The van der Waals surface area contributed by atoms with E-state index in [-0.39, 0.29) is 17.1 Å². The highest BCUT2D eigenvalue weighted by atomic mass is 16.4. The van der Waals surface area contributed by atoms with Crippen LogP contribution in [-0.4, -0.2) is 15.3 Å². The first-order valence-corrected chi connectivity index (χ1v) is 7.17. The van der Waals surface area contributed by atoms with Gasteiger partial charge in [-0.2, -0.15) is 0 Å². The molecule has 0 fully saturated rings. The highest BCUT2D eigenvalue weighted by molar-refractivity contribution is 5.93. The van der Waals surface area contributed by atoms with E-state index in [0.717, 1.165) is 18.4 Å². The van der Waals surface area contributed by atoms with Gasteiger partial charge in [-0.25, -0.2) is 0 Å². The van der Waals surface area contributed by atoms with Gasteiger partial charge >= 0.3 is 0 Å². The van der Waals surface area contributed by atoms with Gasteiger partial charge in [-0.1, -0.05) is 13.3 Å². The minimum absolute atomic E-state index is 0.0343. The lowest BCUT2D eigenvalue weighted by Crippen LogP contribution is -2.03. The summed E-state index contributed by atoms with van der Waals surface area (Å²) in [4.78, 5) is 11.6. The fourth-order valence-electron chi connectivity index (χ4n) is 2.67. The Hall–Kier alpha value is -2.69. The van der Waals surface area contributed by atoms with Crippen LogP contribution in [0.2, 0.25) is 0 Å². The van der Waals surface area contributed by atoms with Crippen molar-refractivity contribution in [3.05, 3.63) is 40.1 Å². The van der Waals surface area contributed by atoms with Crippen LogP contribution in [-0.2, 0) is 6.42 Å². The monoisotopic (exact) mass is 300 g/mol. The number of aryl methyl sites for hydroxylation is 1. The van der Waals surface area contributed by atoms with E-state index in [2.05, 4.69) is 6.92 Å². The Morgan fingerprint density at radius 2 is 1.82 bits per heavy atom. The molecule has 1 aromatic rings. The fraction of sp³-hybridized carbons (Fsp3) is 0.235. The SMILES string of the molecule is CCCCc1c2ccc(=O)c(O)c-2oc2c(O)c(O)ccc12. The van der Waals surface area contributed by atoms with Gasteiger partial charge in [0.25, 0.3) is 0 Å². The number of fused-ring (bicyclic) bond motifs is 2. The summed E-state index contributed by atoms with van der Waals surface area (Å²) in [7, 11) is 0. The van der Waals surface area contributed by atoms with Gasteiger partial charge < -0.3 is 19.7 Å². The summed E-state index contributed by atoms with van der Waals surface area (Å²) in [6.45, 7) is 2.06. The Balaban J connectivity index is 2.47. The number of unbranched alkanes of at least 4 members (excludes halogenated alkanes) is 1. The summed E-state index contributed by atoms with van der Waals surface area (Å²) in [5, 5.41) is 30.3. The minimum atomic E-state index is -0.545. The second-order valence-electron chi connectivity index (χ2n) is 5.28. The van der Waals surface area contributed by atoms with Crippen LogP contribution in [0.4, 0.5) is 0 Å². The number of aromatic hydroxyl groups is 3. The normalized spacial score (nSPS) is 11.3. The van der Waals surface area contributed by atoms with Crippen molar-refractivity contribution in [2.24, 2.45) is 0 Å². The van der Waals surface area contributed by atoms with Crippen molar-refractivity contribution in [1.82, 2.24) is 0 Å². The Morgan fingerprint density at radius 3 is 2.55 bits per heavy atom. The third-order valence-corrected chi connectivity index (χ3v) is 3.84. The third-order valence-electron chi connectivity index (χ3n) is 3.84. The topological polar surface area (TPSA) is 90.9 Å². The van der Waals surface area contributed by atoms with Crippen LogP contribution in [0.25, 0.3) is 22.3 Å². The van der Waals surface area contributed by atoms with Gasteiger partial charge in [0.2, 0.25) is 16.9 Å². The van der Waals surface area contributed by atoms with Crippen molar-refractivity contribution in [1.29, 1.82) is 0 Å². The van der Waals surface area contributed by atoms with Crippen molar-refractivity contribution in [3.63, 3.8) is 0 Å². The van der Waals surface area contributed by atoms with Crippen LogP contribution in [0.15, 0.2) is 33.5 Å². The molecule has 3 N–H and O–H groups in total. The maximum absolute atomic E-state index is 11.6. The van der Waals surface area contributed by atoms with Gasteiger partial charge in [0.05, 0.1) is 0 Å². The van der Waals surface area contributed by atoms with Crippen LogP contribution in [0.5, 0.6) is 17.2 Å². The molecular formula is C17H16O5. The number of benzene rings is 2. The minimum Gasteiger partial charge on any atom is -0.504 e. The fourth-order valence-corrected chi connectivity index (χ4v) is 2.67. The smallest absolute Gasteiger partial charge is 0.224 e. The first-order valence-electron chi connectivity index (χ1n) is 7.17. The zero-order valence-corrected chi connectivity index (χ0v) is 12.1. The molecule has 0 amide bonds. The molecule has 1 aromatic carbocycles. The molecule has 5 heteroatoms. The van der Waals surface area contributed by atoms with E-state index in [0.29, 0.717) is 17.4 Å². The zero-order chi connectivity index (χ0) is 15.9. The van der Waals surface area contributed by atoms with E-state index >= 15 is 0 Å². The summed E-state index contributed by atoms with van der Waals surface area (Å²) in [5.41, 5.74) is 1.04. The lowest BCUT2D eigenvalue weighted by Gasteiger charge is -2.16. The second kappa shape index (κ2) is 5.26. The van der Waals surface area contributed by atoms with Crippen LogP contribution < -0.4 is 5.43 Å². The van der Waals surface area contributed by atoms with E-state index < -0.39 is 16.9 Å². The average molecular weight is 300 g/mol. The molecule has 1 heterocycles. The maximum atomic E-state index is 11.6. The molecule has 1 aliphatic heterocycles. The summed E-state index contributed by atoms with van der Waals surface area (Å²) < 4.78 is 5.53. The quantitative estimate of drug-likeness (QED) is 0.509. The Morgan fingerprint density at radius 1 is 1.05 bits per heavy atom. The predicted octanol–water partition coefficient (Wildman–Crippen LogP) is 3.36. The lowest BCUT2D eigenvalue weighted by molar-refractivity contribution is 0.397. The molecule has 0 radical (unpaired) electrons. The summed E-state index contributed by atoms with van der Waals surface area (Å²) in [5.74, 6) is -1.16. The number of phenols is 3. The van der Waals surface area contributed by atoms with E-state index in [1.165, 1.54) is 12.1 Å². The molecule has 3 rings (SSSR count). The van der Waals surface area contributed by atoms with Crippen molar-refractivity contribution in [2.75, 3.05) is 0 Å². The summed E-state index contributed by atoms with van der Waals surface area (Å²) in [6.07, 6.45) is 2.60. The molecular weight excluding hydrogens is 284 g/mol. The molecule has 1 aliphatic carbocycles. The predicted molar refractivity (Wildman–Crippen MR) is 82.7 cm³/mol. The third kappa shape index (κ3) is 2.06. The number of phenolic OH excluding ortho intramolecular Hbond substituents is 3. The van der Waals surface area contributed by atoms with Crippen molar-refractivity contribution in [3.8, 4) is 28.6 Å². The van der Waals surface area contributed by atoms with Crippen LogP contribution in [0, 0.1) is 0 Å².